The molecule has 3 fully saturated rings. The van der Waals surface area contributed by atoms with Crippen LogP contribution in [0.1, 0.15) is 69.8 Å². The molecule has 0 radical (unpaired) electrons. The monoisotopic (exact) mass is 504 g/mol. The van der Waals surface area contributed by atoms with E-state index in [1.807, 2.05) is 12.4 Å². The number of nitrogens with one attached hydrogen (secondary N) is 1. The van der Waals surface area contributed by atoms with E-state index in [4.69, 9.17) is 9.29 Å². The van der Waals surface area contributed by atoms with Crippen LogP contribution in [0.15, 0.2) is 60.0 Å². The van der Waals surface area contributed by atoms with Crippen LogP contribution in [0.4, 0.5) is 0 Å². The largest absolute Gasteiger partial charge is 0.359 e. The Balaban J connectivity index is 1.19. The first-order chi connectivity index (χ1) is 17.4. The SMILES string of the molecule is C[C@]12CC=C3C=C4CC[C@@H](NCCS(=O)O)C[C@]45CC[C@]3(O5)[C@@H]1CCC2c1ccc2ccncc2c1. The maximum atomic E-state index is 11.1. The van der Waals surface area contributed by atoms with Gasteiger partial charge in [-0.2, -0.15) is 0 Å². The second kappa shape index (κ2) is 8.32. The highest BCUT2D eigenvalue weighted by atomic mass is 32.2. The van der Waals surface area contributed by atoms with Gasteiger partial charge in [0.2, 0.25) is 0 Å². The lowest BCUT2D eigenvalue weighted by atomic mass is 9.58. The molecule has 6 heteroatoms. The third-order valence-electron chi connectivity index (χ3n) is 10.5. The number of ether oxygens (including phenoxy) is 1. The summed E-state index contributed by atoms with van der Waals surface area (Å²) < 4.78 is 27.6. The van der Waals surface area contributed by atoms with Gasteiger partial charge in [0.15, 0.2) is 11.1 Å². The van der Waals surface area contributed by atoms with E-state index in [1.54, 1.807) is 0 Å². The van der Waals surface area contributed by atoms with Crippen LogP contribution in [0, 0.1) is 11.3 Å². The lowest BCUT2D eigenvalue weighted by Crippen LogP contribution is -2.55. The Bertz CT molecular complexity index is 1310. The third-order valence-corrected chi connectivity index (χ3v) is 11.0. The molecule has 3 heterocycles. The van der Waals surface area contributed by atoms with Crippen molar-refractivity contribution in [1.29, 1.82) is 0 Å². The number of allylic oxidation sites excluding steroid dienone is 1. The molecule has 2 aromatic rings. The molecule has 0 amide bonds. The van der Waals surface area contributed by atoms with Gasteiger partial charge < -0.3 is 14.6 Å². The van der Waals surface area contributed by atoms with E-state index >= 15 is 0 Å². The number of fused-ring (bicyclic) bond motifs is 2. The molecule has 2 N–H and O–H groups in total. The summed E-state index contributed by atoms with van der Waals surface area (Å²) in [4.78, 5) is 4.37. The van der Waals surface area contributed by atoms with Crippen LogP contribution in [0.25, 0.3) is 10.8 Å². The summed E-state index contributed by atoms with van der Waals surface area (Å²) in [6.45, 7) is 3.11. The van der Waals surface area contributed by atoms with Crippen LogP contribution in [0.2, 0.25) is 0 Å². The van der Waals surface area contributed by atoms with Crippen LogP contribution in [0.3, 0.4) is 0 Å². The summed E-state index contributed by atoms with van der Waals surface area (Å²) in [6.07, 6.45) is 17.8. The molecule has 1 aromatic heterocycles. The molecule has 5 nitrogen and oxygen atoms in total. The molecule has 2 aliphatic heterocycles. The number of pyridine rings is 1. The van der Waals surface area contributed by atoms with Gasteiger partial charge in [-0.25, -0.2) is 4.21 Å². The third kappa shape index (κ3) is 3.37. The molecule has 2 saturated carbocycles. The van der Waals surface area contributed by atoms with E-state index in [0.29, 0.717) is 24.4 Å². The molecule has 1 aromatic carbocycles. The number of nitrogens with zero attached hydrogens (tertiary/aromatic N) is 1. The van der Waals surface area contributed by atoms with Crippen molar-refractivity contribution in [1.82, 2.24) is 10.3 Å². The van der Waals surface area contributed by atoms with Gasteiger partial charge in [-0.3, -0.25) is 4.98 Å². The zero-order valence-electron chi connectivity index (χ0n) is 21.0. The number of rotatable bonds is 5. The topological polar surface area (TPSA) is 71.5 Å². The van der Waals surface area contributed by atoms with Gasteiger partial charge in [0.1, 0.15) is 0 Å². The van der Waals surface area contributed by atoms with Crippen molar-refractivity contribution < 1.29 is 13.5 Å². The van der Waals surface area contributed by atoms with Gasteiger partial charge in [-0.15, -0.1) is 0 Å². The lowest BCUT2D eigenvalue weighted by Gasteiger charge is -2.54. The number of hydrogen-bond donors (Lipinski definition) is 2. The van der Waals surface area contributed by atoms with Gasteiger partial charge in [-0.05, 0) is 103 Å². The predicted octanol–water partition coefficient (Wildman–Crippen LogP) is 5.66. The van der Waals surface area contributed by atoms with Crippen molar-refractivity contribution in [2.75, 3.05) is 12.3 Å². The smallest absolute Gasteiger partial charge is 0.154 e. The second-order valence-corrected chi connectivity index (χ2v) is 13.2. The first kappa shape index (κ1) is 23.3. The second-order valence-electron chi connectivity index (χ2n) is 12.1. The maximum Gasteiger partial charge on any atom is 0.154 e. The molecule has 36 heavy (non-hydrogen) atoms. The zero-order chi connectivity index (χ0) is 24.5. The number of benzene rings is 1. The van der Waals surface area contributed by atoms with Crippen LogP contribution in [-0.4, -0.2) is 43.3 Å². The molecule has 3 aliphatic carbocycles. The highest BCUT2D eigenvalue weighted by Gasteiger charge is 2.66. The van der Waals surface area contributed by atoms with E-state index < -0.39 is 11.1 Å². The Morgan fingerprint density at radius 2 is 2.11 bits per heavy atom. The molecule has 2 spiro atoms. The van der Waals surface area contributed by atoms with Gasteiger partial charge >= 0.3 is 0 Å². The minimum atomic E-state index is -1.74. The quantitative estimate of drug-likeness (QED) is 0.515. The average molecular weight is 505 g/mol. The molecule has 1 saturated heterocycles. The molecular weight excluding hydrogens is 468 g/mol. The van der Waals surface area contributed by atoms with Gasteiger partial charge in [0.05, 0.1) is 17.0 Å². The maximum absolute atomic E-state index is 11.1. The predicted molar refractivity (Wildman–Crippen MR) is 143 cm³/mol. The Morgan fingerprint density at radius 3 is 3.00 bits per heavy atom. The van der Waals surface area contributed by atoms with Crippen molar-refractivity contribution in [2.24, 2.45) is 11.3 Å². The Labute approximate surface area is 216 Å². The number of aromatic nitrogens is 1. The van der Waals surface area contributed by atoms with Crippen molar-refractivity contribution >= 4 is 21.9 Å². The van der Waals surface area contributed by atoms with Crippen LogP contribution >= 0.6 is 0 Å². The fourth-order valence-corrected chi connectivity index (χ4v) is 9.09. The molecule has 2 unspecified atom stereocenters. The Morgan fingerprint density at radius 1 is 1.19 bits per heavy atom. The highest BCUT2D eigenvalue weighted by molar-refractivity contribution is 7.79. The lowest BCUT2D eigenvalue weighted by molar-refractivity contribution is -0.136. The summed E-state index contributed by atoms with van der Waals surface area (Å²) in [6, 6.07) is 9.45. The summed E-state index contributed by atoms with van der Waals surface area (Å²) in [5.74, 6) is 1.35. The zero-order valence-corrected chi connectivity index (χ0v) is 21.9. The van der Waals surface area contributed by atoms with E-state index in [-0.39, 0.29) is 22.4 Å². The Kier molecular flexibility index (Phi) is 5.38. The normalized spacial score (nSPS) is 39.7. The standard InChI is InChI=1S/C30H36N2O3S/c1-28-10-8-24-17-23-4-5-25(32-14-15-36(33)34)18-29(23)11-12-30(24,35-29)27(28)7-6-26(28)21-3-2-20-9-13-31-19-22(20)16-21/h2-3,8-9,13,16-17,19,25-27,32H,4-7,10-12,14-15,18H2,1H3,(H,33,34)/t25-,26?,27-,28-,29-,30-/m1/s1. The fourth-order valence-electron chi connectivity index (χ4n) is 8.80. The first-order valence-corrected chi connectivity index (χ1v) is 15.0. The first-order valence-electron chi connectivity index (χ1n) is 13.7. The van der Waals surface area contributed by atoms with Gasteiger partial charge in [-0.1, -0.05) is 31.2 Å². The van der Waals surface area contributed by atoms with Crippen molar-refractivity contribution in [2.45, 2.75) is 81.5 Å². The summed E-state index contributed by atoms with van der Waals surface area (Å²) >= 11 is -1.74. The fraction of sp³-hybridized carbons (Fsp3) is 0.567. The van der Waals surface area contributed by atoms with Gasteiger partial charge in [0.25, 0.3) is 0 Å². The van der Waals surface area contributed by atoms with Crippen molar-refractivity contribution in [3.63, 3.8) is 0 Å². The van der Waals surface area contributed by atoms with Crippen LogP contribution < -0.4 is 5.32 Å². The van der Waals surface area contributed by atoms with Crippen molar-refractivity contribution in [3.05, 3.63) is 65.5 Å². The Hall–Kier alpha value is -1.86. The van der Waals surface area contributed by atoms with Crippen molar-refractivity contribution in [3.8, 4) is 0 Å². The minimum absolute atomic E-state index is 0.155. The van der Waals surface area contributed by atoms with E-state index in [1.165, 1.54) is 40.3 Å². The van der Waals surface area contributed by atoms with E-state index in [0.717, 1.165) is 38.5 Å². The van der Waals surface area contributed by atoms with Crippen LogP contribution in [0.5, 0.6) is 0 Å². The minimum Gasteiger partial charge on any atom is -0.359 e. The molecular formula is C30H36N2O3S. The van der Waals surface area contributed by atoms with Gasteiger partial charge in [0, 0.05) is 30.4 Å². The highest BCUT2D eigenvalue weighted by Crippen LogP contribution is 2.69. The average Bonchev–Trinajstić information content (AvgIpc) is 3.38. The van der Waals surface area contributed by atoms with E-state index in [9.17, 15) is 4.21 Å². The summed E-state index contributed by atoms with van der Waals surface area (Å²) in [7, 11) is 0. The van der Waals surface area contributed by atoms with E-state index in [2.05, 4.69) is 53.6 Å². The molecule has 5 aliphatic rings. The molecule has 2 bridgehead atoms. The van der Waals surface area contributed by atoms with Crippen LogP contribution in [-0.2, 0) is 15.8 Å². The number of hydrogen-bond acceptors (Lipinski definition) is 4. The molecule has 7 rings (SSSR count). The summed E-state index contributed by atoms with van der Waals surface area (Å²) in [5, 5.41) is 6.04. The molecule has 7 atom stereocenters. The molecule has 190 valence electrons. The summed E-state index contributed by atoms with van der Waals surface area (Å²) in [5.41, 5.74) is 4.28.